The summed E-state index contributed by atoms with van der Waals surface area (Å²) in [4.78, 5) is 2.60. The van der Waals surface area contributed by atoms with Crippen LogP contribution in [0.5, 0.6) is 0 Å². The standard InChI is InChI=1S/C18H27NO/c1-2-19(15-9-4-3-5-10-15)17-13-12-14-8-6-7-11-16(14)18(17)20/h6-8,11,15,17-18,20H,2-5,9-10,12-13H2,1H3. The van der Waals surface area contributed by atoms with Gasteiger partial charge in [-0.05, 0) is 43.4 Å². The molecule has 2 unspecified atom stereocenters. The van der Waals surface area contributed by atoms with Crippen LogP contribution in [0.4, 0.5) is 0 Å². The fourth-order valence-electron chi connectivity index (χ4n) is 4.24. The van der Waals surface area contributed by atoms with Crippen LogP contribution in [0.25, 0.3) is 0 Å². The molecule has 1 saturated carbocycles. The number of fused-ring (bicyclic) bond motifs is 1. The molecule has 0 spiro atoms. The maximum Gasteiger partial charge on any atom is 0.0948 e. The van der Waals surface area contributed by atoms with E-state index in [0.717, 1.165) is 24.9 Å². The van der Waals surface area contributed by atoms with Crippen LogP contribution in [-0.2, 0) is 6.42 Å². The zero-order valence-electron chi connectivity index (χ0n) is 12.6. The first kappa shape index (κ1) is 14.1. The van der Waals surface area contributed by atoms with Gasteiger partial charge in [0.05, 0.1) is 6.10 Å². The number of rotatable bonds is 3. The lowest BCUT2D eigenvalue weighted by molar-refractivity contribution is 0.00530. The molecule has 2 aliphatic carbocycles. The van der Waals surface area contributed by atoms with Crippen molar-refractivity contribution in [1.29, 1.82) is 0 Å². The molecule has 2 heteroatoms. The molecule has 1 aromatic carbocycles. The quantitative estimate of drug-likeness (QED) is 0.908. The molecule has 1 fully saturated rings. The third-order valence-corrected chi connectivity index (χ3v) is 5.28. The van der Waals surface area contributed by atoms with E-state index in [-0.39, 0.29) is 6.10 Å². The Bertz CT molecular complexity index is 439. The van der Waals surface area contributed by atoms with Crippen LogP contribution < -0.4 is 0 Å². The predicted molar refractivity (Wildman–Crippen MR) is 82.8 cm³/mol. The Labute approximate surface area is 122 Å². The van der Waals surface area contributed by atoms with E-state index in [1.54, 1.807) is 0 Å². The van der Waals surface area contributed by atoms with Gasteiger partial charge in [-0.2, -0.15) is 0 Å². The molecule has 0 saturated heterocycles. The minimum absolute atomic E-state index is 0.304. The van der Waals surface area contributed by atoms with Gasteiger partial charge in [-0.3, -0.25) is 4.90 Å². The molecule has 0 bridgehead atoms. The molecule has 1 N–H and O–H groups in total. The van der Waals surface area contributed by atoms with E-state index in [1.165, 1.54) is 37.7 Å². The smallest absolute Gasteiger partial charge is 0.0948 e. The van der Waals surface area contributed by atoms with Crippen molar-refractivity contribution in [3.05, 3.63) is 35.4 Å². The van der Waals surface area contributed by atoms with Crippen molar-refractivity contribution >= 4 is 0 Å². The van der Waals surface area contributed by atoms with Crippen LogP contribution in [0, 0.1) is 0 Å². The summed E-state index contributed by atoms with van der Waals surface area (Å²) in [7, 11) is 0. The second kappa shape index (κ2) is 6.28. The van der Waals surface area contributed by atoms with E-state index in [4.69, 9.17) is 0 Å². The van der Waals surface area contributed by atoms with Crippen LogP contribution in [0.3, 0.4) is 0 Å². The Morgan fingerprint density at radius 2 is 1.85 bits per heavy atom. The van der Waals surface area contributed by atoms with Gasteiger partial charge in [0, 0.05) is 12.1 Å². The van der Waals surface area contributed by atoms with Crippen molar-refractivity contribution < 1.29 is 5.11 Å². The fourth-order valence-corrected chi connectivity index (χ4v) is 4.24. The summed E-state index contributed by atoms with van der Waals surface area (Å²) in [6, 6.07) is 9.44. The summed E-state index contributed by atoms with van der Waals surface area (Å²) in [5.41, 5.74) is 2.51. The van der Waals surface area contributed by atoms with Crippen molar-refractivity contribution in [3.63, 3.8) is 0 Å². The van der Waals surface area contributed by atoms with Crippen molar-refractivity contribution in [3.8, 4) is 0 Å². The molecule has 0 heterocycles. The number of hydrogen-bond acceptors (Lipinski definition) is 2. The molecule has 110 valence electrons. The molecule has 2 nitrogen and oxygen atoms in total. The van der Waals surface area contributed by atoms with E-state index in [0.29, 0.717) is 12.1 Å². The van der Waals surface area contributed by atoms with Gasteiger partial charge >= 0.3 is 0 Å². The highest BCUT2D eigenvalue weighted by Gasteiger charge is 2.34. The van der Waals surface area contributed by atoms with Crippen molar-refractivity contribution in [2.24, 2.45) is 0 Å². The molecular weight excluding hydrogens is 246 g/mol. The number of nitrogens with zero attached hydrogens (tertiary/aromatic N) is 1. The lowest BCUT2D eigenvalue weighted by atomic mass is 9.83. The van der Waals surface area contributed by atoms with E-state index in [1.807, 2.05) is 0 Å². The Morgan fingerprint density at radius 1 is 1.10 bits per heavy atom. The molecule has 2 atom stereocenters. The first-order valence-corrected chi connectivity index (χ1v) is 8.33. The third kappa shape index (κ3) is 2.64. The van der Waals surface area contributed by atoms with Crippen molar-refractivity contribution in [1.82, 2.24) is 4.90 Å². The zero-order valence-corrected chi connectivity index (χ0v) is 12.6. The Kier molecular flexibility index (Phi) is 4.42. The maximum atomic E-state index is 10.8. The highest BCUT2D eigenvalue weighted by atomic mass is 16.3. The second-order valence-electron chi connectivity index (χ2n) is 6.37. The van der Waals surface area contributed by atoms with Crippen LogP contribution in [0.2, 0.25) is 0 Å². The summed E-state index contributed by atoms with van der Waals surface area (Å²) in [5.74, 6) is 0. The molecule has 0 amide bonds. The number of aliphatic hydroxyl groups excluding tert-OH is 1. The minimum atomic E-state index is -0.304. The molecule has 1 aromatic rings. The van der Waals surface area contributed by atoms with Crippen LogP contribution in [-0.4, -0.2) is 28.6 Å². The van der Waals surface area contributed by atoms with Crippen LogP contribution in [0.15, 0.2) is 24.3 Å². The van der Waals surface area contributed by atoms with Gasteiger partial charge in [-0.15, -0.1) is 0 Å². The topological polar surface area (TPSA) is 23.5 Å². The van der Waals surface area contributed by atoms with E-state index < -0.39 is 0 Å². The number of likely N-dealkylation sites (N-methyl/N-ethyl adjacent to an activating group) is 1. The molecule has 0 aliphatic heterocycles. The molecule has 2 aliphatic rings. The average molecular weight is 273 g/mol. The average Bonchev–Trinajstić information content (AvgIpc) is 2.51. The Balaban J connectivity index is 1.79. The first-order valence-electron chi connectivity index (χ1n) is 8.33. The molecule has 0 radical (unpaired) electrons. The first-order chi connectivity index (χ1) is 9.81. The minimum Gasteiger partial charge on any atom is -0.387 e. The Hall–Kier alpha value is -0.860. The molecule has 3 rings (SSSR count). The third-order valence-electron chi connectivity index (χ3n) is 5.28. The normalized spacial score (nSPS) is 27.6. The van der Waals surface area contributed by atoms with Gasteiger partial charge in [-0.25, -0.2) is 0 Å². The number of aliphatic hydroxyl groups is 1. The van der Waals surface area contributed by atoms with Crippen molar-refractivity contribution in [2.45, 2.75) is 70.1 Å². The second-order valence-corrected chi connectivity index (χ2v) is 6.37. The molecular formula is C18H27NO. The fraction of sp³-hybridized carbons (Fsp3) is 0.667. The van der Waals surface area contributed by atoms with Gasteiger partial charge in [0.15, 0.2) is 0 Å². The summed E-state index contributed by atoms with van der Waals surface area (Å²) in [5, 5.41) is 10.8. The maximum absolute atomic E-state index is 10.8. The lowest BCUT2D eigenvalue weighted by Gasteiger charge is -2.43. The number of benzene rings is 1. The highest BCUT2D eigenvalue weighted by Crippen LogP contribution is 2.35. The van der Waals surface area contributed by atoms with E-state index in [9.17, 15) is 5.11 Å². The largest absolute Gasteiger partial charge is 0.387 e. The SMILES string of the molecule is CCN(C1CCCCC1)C1CCc2ccccc2C1O. The van der Waals surface area contributed by atoms with Gasteiger partial charge in [0.1, 0.15) is 0 Å². The molecule has 20 heavy (non-hydrogen) atoms. The monoisotopic (exact) mass is 273 g/mol. The van der Waals surface area contributed by atoms with Crippen LogP contribution >= 0.6 is 0 Å². The van der Waals surface area contributed by atoms with Gasteiger partial charge < -0.3 is 5.11 Å². The van der Waals surface area contributed by atoms with Crippen molar-refractivity contribution in [2.75, 3.05) is 6.54 Å². The number of aryl methyl sites for hydroxylation is 1. The van der Waals surface area contributed by atoms with Gasteiger partial charge in [0.2, 0.25) is 0 Å². The highest BCUT2D eigenvalue weighted by molar-refractivity contribution is 5.32. The Morgan fingerprint density at radius 3 is 2.60 bits per heavy atom. The molecule has 0 aromatic heterocycles. The summed E-state index contributed by atoms with van der Waals surface area (Å²) in [6.07, 6.45) is 8.66. The lowest BCUT2D eigenvalue weighted by Crippen LogP contribution is -2.48. The predicted octanol–water partition coefficient (Wildman–Crippen LogP) is 3.69. The van der Waals surface area contributed by atoms with Gasteiger partial charge in [-0.1, -0.05) is 50.5 Å². The van der Waals surface area contributed by atoms with Gasteiger partial charge in [0.25, 0.3) is 0 Å². The summed E-state index contributed by atoms with van der Waals surface area (Å²) in [6.45, 7) is 3.32. The van der Waals surface area contributed by atoms with E-state index in [2.05, 4.69) is 36.1 Å². The van der Waals surface area contributed by atoms with E-state index >= 15 is 0 Å². The number of hydrogen-bond donors (Lipinski definition) is 1. The summed E-state index contributed by atoms with van der Waals surface area (Å²) >= 11 is 0. The summed E-state index contributed by atoms with van der Waals surface area (Å²) < 4.78 is 0. The zero-order chi connectivity index (χ0) is 13.9. The van der Waals surface area contributed by atoms with Crippen LogP contribution in [0.1, 0.15) is 62.7 Å².